The monoisotopic (exact) mass is 240 g/mol. The Morgan fingerprint density at radius 2 is 2.06 bits per heavy atom. The zero-order valence-corrected chi connectivity index (χ0v) is 12.2. The van der Waals surface area contributed by atoms with Crippen LogP contribution in [-0.4, -0.2) is 26.6 Å². The molecule has 0 bridgehead atoms. The lowest BCUT2D eigenvalue weighted by molar-refractivity contribution is 0.138. The van der Waals surface area contributed by atoms with E-state index in [0.717, 1.165) is 19.4 Å². The van der Waals surface area contributed by atoms with Gasteiger partial charge in [0.05, 0.1) is 18.3 Å². The van der Waals surface area contributed by atoms with Gasteiger partial charge in [0.2, 0.25) is 0 Å². The van der Waals surface area contributed by atoms with Gasteiger partial charge in [0.15, 0.2) is 8.32 Å². The Morgan fingerprint density at radius 1 is 1.44 bits per heavy atom. The predicted octanol–water partition coefficient (Wildman–Crippen LogP) is 3.35. The average molecular weight is 240 g/mol. The van der Waals surface area contributed by atoms with Crippen LogP contribution in [0.1, 0.15) is 26.7 Å². The fourth-order valence-corrected chi connectivity index (χ4v) is 3.55. The van der Waals surface area contributed by atoms with E-state index in [1.807, 2.05) is 0 Å². The Kier molecular flexibility index (Phi) is 3.06. The van der Waals surface area contributed by atoms with Crippen molar-refractivity contribution in [2.24, 2.45) is 5.92 Å². The normalized spacial score (nSPS) is 39.4. The summed E-state index contributed by atoms with van der Waals surface area (Å²) >= 11 is 0. The predicted molar refractivity (Wildman–Crippen MR) is 69.1 cm³/mol. The van der Waals surface area contributed by atoms with Crippen molar-refractivity contribution in [3.8, 4) is 0 Å². The van der Waals surface area contributed by atoms with Crippen LogP contribution in [0.15, 0.2) is 11.6 Å². The summed E-state index contributed by atoms with van der Waals surface area (Å²) in [5, 5.41) is 0. The smallest absolute Gasteiger partial charge is 0.184 e. The van der Waals surface area contributed by atoms with Crippen LogP contribution in [0, 0.1) is 5.92 Å². The molecule has 2 rings (SSSR count). The van der Waals surface area contributed by atoms with E-state index >= 15 is 0 Å². The SMILES string of the molecule is CC1=CC[C@@H](C2(C)CO2)C[C@H]1O[Si](C)(C)C. The highest BCUT2D eigenvalue weighted by Gasteiger charge is 2.48. The van der Waals surface area contributed by atoms with Gasteiger partial charge < -0.3 is 9.16 Å². The summed E-state index contributed by atoms with van der Waals surface area (Å²) in [5.74, 6) is 0.651. The van der Waals surface area contributed by atoms with Crippen LogP contribution in [0.3, 0.4) is 0 Å². The molecule has 1 unspecified atom stereocenters. The molecule has 0 spiro atoms. The van der Waals surface area contributed by atoms with Crippen molar-refractivity contribution in [3.05, 3.63) is 11.6 Å². The lowest BCUT2D eigenvalue weighted by atomic mass is 9.80. The van der Waals surface area contributed by atoms with E-state index in [9.17, 15) is 0 Å². The molecule has 0 amide bonds. The standard InChI is InChI=1S/C13H24O2Si/c1-10-6-7-11(13(2)9-14-13)8-12(10)15-16(3,4)5/h6,11-12H,7-9H2,1-5H3/t11-,12-,13?/m1/s1. The van der Waals surface area contributed by atoms with Crippen LogP contribution in [-0.2, 0) is 9.16 Å². The van der Waals surface area contributed by atoms with Crippen molar-refractivity contribution in [2.45, 2.75) is 58.0 Å². The van der Waals surface area contributed by atoms with E-state index in [-0.39, 0.29) is 5.60 Å². The average Bonchev–Trinajstić information content (AvgIpc) is 2.86. The lowest BCUT2D eigenvalue weighted by Crippen LogP contribution is -2.37. The molecule has 2 nitrogen and oxygen atoms in total. The maximum atomic E-state index is 6.26. The maximum Gasteiger partial charge on any atom is 0.184 e. The van der Waals surface area contributed by atoms with Crippen molar-refractivity contribution in [2.75, 3.05) is 6.61 Å². The summed E-state index contributed by atoms with van der Waals surface area (Å²) in [6.45, 7) is 12.2. The first-order chi connectivity index (χ1) is 7.30. The van der Waals surface area contributed by atoms with E-state index in [0.29, 0.717) is 12.0 Å². The van der Waals surface area contributed by atoms with E-state index in [1.165, 1.54) is 5.57 Å². The summed E-state index contributed by atoms with van der Waals surface area (Å²) < 4.78 is 11.8. The second-order valence-electron chi connectivity index (χ2n) is 6.44. The maximum absolute atomic E-state index is 6.26. The fourth-order valence-electron chi connectivity index (χ4n) is 2.42. The number of rotatable bonds is 3. The highest BCUT2D eigenvalue weighted by molar-refractivity contribution is 6.69. The van der Waals surface area contributed by atoms with Crippen molar-refractivity contribution in [1.29, 1.82) is 0 Å². The Bertz CT molecular complexity index is 300. The molecular formula is C13H24O2Si. The molecule has 2 aliphatic rings. The molecule has 0 N–H and O–H groups in total. The first kappa shape index (κ1) is 12.3. The third kappa shape index (κ3) is 2.76. The van der Waals surface area contributed by atoms with Crippen molar-refractivity contribution in [3.63, 3.8) is 0 Å². The van der Waals surface area contributed by atoms with Crippen LogP contribution in [0.25, 0.3) is 0 Å². The van der Waals surface area contributed by atoms with Crippen molar-refractivity contribution >= 4 is 8.32 Å². The van der Waals surface area contributed by atoms with Crippen molar-refractivity contribution in [1.82, 2.24) is 0 Å². The fraction of sp³-hybridized carbons (Fsp3) is 0.846. The van der Waals surface area contributed by atoms with Crippen LogP contribution in [0.5, 0.6) is 0 Å². The van der Waals surface area contributed by atoms with E-state index in [1.54, 1.807) is 0 Å². The van der Waals surface area contributed by atoms with Gasteiger partial charge in [-0.25, -0.2) is 0 Å². The Morgan fingerprint density at radius 3 is 2.56 bits per heavy atom. The second kappa shape index (κ2) is 3.97. The third-order valence-corrected chi connectivity index (χ3v) is 4.68. The highest BCUT2D eigenvalue weighted by atomic mass is 28.4. The molecule has 1 aliphatic carbocycles. The lowest BCUT2D eigenvalue weighted by Gasteiger charge is -2.34. The Balaban J connectivity index is 2.02. The van der Waals surface area contributed by atoms with Gasteiger partial charge in [-0.1, -0.05) is 6.08 Å². The molecule has 16 heavy (non-hydrogen) atoms. The topological polar surface area (TPSA) is 21.8 Å². The first-order valence-electron chi connectivity index (χ1n) is 6.29. The van der Waals surface area contributed by atoms with Gasteiger partial charge in [0.1, 0.15) is 0 Å². The molecule has 3 atom stereocenters. The molecular weight excluding hydrogens is 216 g/mol. The van der Waals surface area contributed by atoms with E-state index < -0.39 is 8.32 Å². The van der Waals surface area contributed by atoms with Crippen LogP contribution in [0.2, 0.25) is 19.6 Å². The number of allylic oxidation sites excluding steroid dienone is 1. The zero-order valence-electron chi connectivity index (χ0n) is 11.2. The molecule has 1 saturated heterocycles. The number of hydrogen-bond acceptors (Lipinski definition) is 2. The van der Waals surface area contributed by atoms with Crippen LogP contribution < -0.4 is 0 Å². The van der Waals surface area contributed by atoms with Gasteiger partial charge in [-0.15, -0.1) is 0 Å². The number of ether oxygens (including phenoxy) is 1. The summed E-state index contributed by atoms with van der Waals surface area (Å²) in [7, 11) is -1.44. The molecule has 1 fully saturated rings. The summed E-state index contributed by atoms with van der Waals surface area (Å²) in [5.41, 5.74) is 1.57. The van der Waals surface area contributed by atoms with Gasteiger partial charge >= 0.3 is 0 Å². The van der Waals surface area contributed by atoms with Crippen LogP contribution in [0.4, 0.5) is 0 Å². The largest absolute Gasteiger partial charge is 0.411 e. The summed E-state index contributed by atoms with van der Waals surface area (Å²) in [6.07, 6.45) is 4.99. The molecule has 0 radical (unpaired) electrons. The molecule has 0 saturated carbocycles. The third-order valence-electron chi connectivity index (χ3n) is 3.69. The molecule has 0 aromatic carbocycles. The Hall–Kier alpha value is -0.123. The first-order valence-corrected chi connectivity index (χ1v) is 9.69. The minimum Gasteiger partial charge on any atom is -0.411 e. The van der Waals surface area contributed by atoms with Gasteiger partial charge in [0.25, 0.3) is 0 Å². The molecule has 92 valence electrons. The van der Waals surface area contributed by atoms with Gasteiger partial charge in [-0.3, -0.25) is 0 Å². The van der Waals surface area contributed by atoms with Crippen molar-refractivity contribution < 1.29 is 9.16 Å². The van der Waals surface area contributed by atoms with E-state index in [2.05, 4.69) is 39.6 Å². The Labute approximate surface area is 100 Å². The molecule has 1 heterocycles. The second-order valence-corrected chi connectivity index (χ2v) is 10.9. The quantitative estimate of drug-likeness (QED) is 0.429. The van der Waals surface area contributed by atoms with Gasteiger partial charge in [0, 0.05) is 0 Å². The molecule has 3 heteroatoms. The van der Waals surface area contributed by atoms with Crippen LogP contribution >= 0.6 is 0 Å². The summed E-state index contributed by atoms with van der Waals surface area (Å²) in [4.78, 5) is 0. The minimum absolute atomic E-state index is 0.151. The molecule has 0 aromatic heterocycles. The van der Waals surface area contributed by atoms with Gasteiger partial charge in [-0.2, -0.15) is 0 Å². The number of hydrogen-bond donors (Lipinski definition) is 0. The zero-order chi connectivity index (χ0) is 12.0. The molecule has 1 aliphatic heterocycles. The number of epoxide rings is 1. The summed E-state index contributed by atoms with van der Waals surface area (Å²) in [6, 6.07) is 0. The van der Waals surface area contributed by atoms with E-state index in [4.69, 9.17) is 9.16 Å². The van der Waals surface area contributed by atoms with Gasteiger partial charge in [-0.05, 0) is 57.8 Å². The molecule has 0 aromatic rings. The minimum atomic E-state index is -1.44. The highest BCUT2D eigenvalue weighted by Crippen LogP contribution is 2.43.